The van der Waals surface area contributed by atoms with Gasteiger partial charge in [0.15, 0.2) is 0 Å². The van der Waals surface area contributed by atoms with Crippen molar-refractivity contribution in [2.45, 2.75) is 33.1 Å². The molecule has 0 saturated heterocycles. The summed E-state index contributed by atoms with van der Waals surface area (Å²) >= 11 is 0. The summed E-state index contributed by atoms with van der Waals surface area (Å²) in [4.78, 5) is 0. The van der Waals surface area contributed by atoms with Crippen molar-refractivity contribution in [1.29, 1.82) is 0 Å². The van der Waals surface area contributed by atoms with Gasteiger partial charge in [-0.05, 0) is 51.3 Å². The van der Waals surface area contributed by atoms with E-state index in [1.807, 2.05) is 14.0 Å². The Morgan fingerprint density at radius 2 is 2.00 bits per heavy atom. The Kier molecular flexibility index (Phi) is 7.24. The molecule has 1 rings (SSSR count). The van der Waals surface area contributed by atoms with Crippen LogP contribution in [0.1, 0.15) is 30.9 Å². The van der Waals surface area contributed by atoms with Crippen LogP contribution in [0.2, 0.25) is 0 Å². The Bertz CT molecular complexity index is 497. The molecule has 0 aromatic heterocycles. The number of rotatable bonds is 9. The smallest absolute Gasteiger partial charge is 0.150 e. The fourth-order valence-electron chi connectivity index (χ4n) is 2.50. The van der Waals surface area contributed by atoms with Crippen LogP contribution in [-0.4, -0.2) is 33.5 Å². The lowest BCUT2D eigenvalue weighted by atomic mass is 9.96. The van der Waals surface area contributed by atoms with Gasteiger partial charge in [-0.15, -0.1) is 0 Å². The Morgan fingerprint density at radius 1 is 1.25 bits per heavy atom. The zero-order valence-electron chi connectivity index (χ0n) is 12.9. The van der Waals surface area contributed by atoms with Crippen molar-refractivity contribution in [2.24, 2.45) is 5.92 Å². The maximum atomic E-state index is 11.8. The first-order chi connectivity index (χ1) is 9.46. The first kappa shape index (κ1) is 17.2. The van der Waals surface area contributed by atoms with Crippen LogP contribution in [0, 0.1) is 12.8 Å². The predicted octanol–water partition coefficient (Wildman–Crippen LogP) is 2.59. The molecule has 0 radical (unpaired) electrons. The minimum Gasteiger partial charge on any atom is -0.319 e. The van der Waals surface area contributed by atoms with Crippen LogP contribution < -0.4 is 5.32 Å². The third-order valence-electron chi connectivity index (χ3n) is 3.45. The fraction of sp³-hybridized carbons (Fsp3) is 0.625. The summed E-state index contributed by atoms with van der Waals surface area (Å²) in [5.41, 5.74) is 2.54. The van der Waals surface area contributed by atoms with Crippen LogP contribution >= 0.6 is 0 Å². The lowest BCUT2D eigenvalue weighted by Crippen LogP contribution is -2.24. The minimum atomic E-state index is -2.87. The summed E-state index contributed by atoms with van der Waals surface area (Å²) in [6, 6.07) is 8.45. The van der Waals surface area contributed by atoms with Gasteiger partial charge in [-0.25, -0.2) is 8.42 Å². The molecule has 4 heteroatoms. The van der Waals surface area contributed by atoms with Crippen molar-refractivity contribution in [1.82, 2.24) is 5.32 Å². The number of aryl methyl sites for hydroxylation is 1. The van der Waals surface area contributed by atoms with Crippen molar-refractivity contribution in [3.63, 3.8) is 0 Å². The van der Waals surface area contributed by atoms with Gasteiger partial charge >= 0.3 is 0 Å². The number of benzene rings is 1. The third-order valence-corrected chi connectivity index (χ3v) is 5.34. The third kappa shape index (κ3) is 6.53. The fourth-order valence-corrected chi connectivity index (χ4v) is 4.02. The Morgan fingerprint density at radius 3 is 2.60 bits per heavy atom. The maximum absolute atomic E-state index is 11.8. The molecule has 0 bridgehead atoms. The molecule has 1 unspecified atom stereocenters. The van der Waals surface area contributed by atoms with E-state index < -0.39 is 9.84 Å². The molecule has 0 fully saturated rings. The van der Waals surface area contributed by atoms with E-state index in [4.69, 9.17) is 0 Å². The van der Waals surface area contributed by atoms with Crippen molar-refractivity contribution >= 4 is 9.84 Å². The number of sulfone groups is 1. The van der Waals surface area contributed by atoms with E-state index in [0.29, 0.717) is 23.8 Å². The molecule has 0 aliphatic rings. The monoisotopic (exact) mass is 297 g/mol. The van der Waals surface area contributed by atoms with Gasteiger partial charge in [0.1, 0.15) is 9.84 Å². The molecule has 1 N–H and O–H groups in total. The van der Waals surface area contributed by atoms with E-state index in [9.17, 15) is 8.42 Å². The minimum absolute atomic E-state index is 0.305. The zero-order valence-corrected chi connectivity index (χ0v) is 13.7. The topological polar surface area (TPSA) is 46.2 Å². The van der Waals surface area contributed by atoms with Gasteiger partial charge < -0.3 is 5.32 Å². The van der Waals surface area contributed by atoms with Gasteiger partial charge in [-0.3, -0.25) is 0 Å². The Hall–Kier alpha value is -0.870. The highest BCUT2D eigenvalue weighted by Crippen LogP contribution is 2.15. The normalized spacial score (nSPS) is 13.3. The summed E-state index contributed by atoms with van der Waals surface area (Å²) in [6.45, 7) is 4.85. The van der Waals surface area contributed by atoms with E-state index in [1.165, 1.54) is 11.1 Å². The second-order valence-electron chi connectivity index (χ2n) is 5.56. The second kappa shape index (κ2) is 8.42. The van der Waals surface area contributed by atoms with Crippen LogP contribution in [0.3, 0.4) is 0 Å². The summed E-state index contributed by atoms with van der Waals surface area (Å²) in [5, 5.41) is 3.18. The standard InChI is InChI=1S/C16H27NO2S/c1-4-9-20(18,19)10-8-16(13-17-3)12-15-7-5-6-14(2)11-15/h5-7,11,16-17H,4,8-10,12-13H2,1-3H3. The molecule has 0 aliphatic carbocycles. The molecule has 0 aliphatic heterocycles. The molecule has 0 saturated carbocycles. The first-order valence-electron chi connectivity index (χ1n) is 7.37. The van der Waals surface area contributed by atoms with Crippen LogP contribution in [0.15, 0.2) is 24.3 Å². The molecule has 0 heterocycles. The molecule has 0 amide bonds. The summed E-state index contributed by atoms with van der Waals surface area (Å²) in [5.74, 6) is 0.983. The van der Waals surface area contributed by atoms with Gasteiger partial charge in [0, 0.05) is 5.75 Å². The van der Waals surface area contributed by atoms with E-state index in [-0.39, 0.29) is 0 Å². The van der Waals surface area contributed by atoms with E-state index in [0.717, 1.165) is 19.4 Å². The number of hydrogen-bond acceptors (Lipinski definition) is 3. The molecule has 1 aromatic carbocycles. The molecule has 1 atom stereocenters. The molecule has 3 nitrogen and oxygen atoms in total. The average molecular weight is 297 g/mol. The van der Waals surface area contributed by atoms with E-state index in [2.05, 4.69) is 36.5 Å². The summed E-state index contributed by atoms with van der Waals surface area (Å²) in [6.07, 6.45) is 2.37. The lowest BCUT2D eigenvalue weighted by molar-refractivity contribution is 0.477. The quantitative estimate of drug-likeness (QED) is 0.762. The van der Waals surface area contributed by atoms with Gasteiger partial charge in [0.2, 0.25) is 0 Å². The van der Waals surface area contributed by atoms with Gasteiger partial charge in [-0.1, -0.05) is 36.8 Å². The molecule has 20 heavy (non-hydrogen) atoms. The number of hydrogen-bond donors (Lipinski definition) is 1. The van der Waals surface area contributed by atoms with E-state index >= 15 is 0 Å². The van der Waals surface area contributed by atoms with Crippen molar-refractivity contribution in [2.75, 3.05) is 25.1 Å². The SMILES string of the molecule is CCCS(=O)(=O)CCC(CNC)Cc1cccc(C)c1. The molecule has 114 valence electrons. The van der Waals surface area contributed by atoms with Gasteiger partial charge in [0.25, 0.3) is 0 Å². The first-order valence-corrected chi connectivity index (χ1v) is 9.19. The molecular weight excluding hydrogens is 270 g/mol. The Balaban J connectivity index is 2.61. The van der Waals surface area contributed by atoms with Crippen LogP contribution in [0.5, 0.6) is 0 Å². The predicted molar refractivity (Wildman–Crippen MR) is 85.9 cm³/mol. The van der Waals surface area contributed by atoms with E-state index in [1.54, 1.807) is 0 Å². The highest BCUT2D eigenvalue weighted by Gasteiger charge is 2.15. The zero-order chi connectivity index (χ0) is 15.0. The molecular formula is C16H27NO2S. The maximum Gasteiger partial charge on any atom is 0.150 e. The van der Waals surface area contributed by atoms with Crippen LogP contribution in [0.25, 0.3) is 0 Å². The van der Waals surface area contributed by atoms with Crippen LogP contribution in [0.4, 0.5) is 0 Å². The highest BCUT2D eigenvalue weighted by molar-refractivity contribution is 7.91. The lowest BCUT2D eigenvalue weighted by Gasteiger charge is -2.17. The Labute approximate surface area is 123 Å². The van der Waals surface area contributed by atoms with Crippen LogP contribution in [-0.2, 0) is 16.3 Å². The highest BCUT2D eigenvalue weighted by atomic mass is 32.2. The second-order valence-corrected chi connectivity index (χ2v) is 7.86. The summed E-state index contributed by atoms with van der Waals surface area (Å²) < 4.78 is 23.7. The van der Waals surface area contributed by atoms with Crippen molar-refractivity contribution in [3.8, 4) is 0 Å². The van der Waals surface area contributed by atoms with Crippen molar-refractivity contribution in [3.05, 3.63) is 35.4 Å². The molecule has 1 aromatic rings. The van der Waals surface area contributed by atoms with Crippen molar-refractivity contribution < 1.29 is 8.42 Å². The largest absolute Gasteiger partial charge is 0.319 e. The molecule has 0 spiro atoms. The average Bonchev–Trinajstić information content (AvgIpc) is 2.36. The van der Waals surface area contributed by atoms with Gasteiger partial charge in [-0.2, -0.15) is 0 Å². The van der Waals surface area contributed by atoms with Gasteiger partial charge in [0.05, 0.1) is 5.75 Å². The number of nitrogens with one attached hydrogen (secondary N) is 1. The summed E-state index contributed by atoms with van der Waals surface area (Å²) in [7, 11) is -0.953.